The molecule has 10 heteroatoms. The van der Waals surface area contributed by atoms with Gasteiger partial charge in [-0.05, 0) is 37.1 Å². The van der Waals surface area contributed by atoms with E-state index in [-0.39, 0.29) is 11.0 Å². The summed E-state index contributed by atoms with van der Waals surface area (Å²) in [6.45, 7) is 0.386. The highest BCUT2D eigenvalue weighted by Gasteiger charge is 2.27. The van der Waals surface area contributed by atoms with Crippen LogP contribution in [0.15, 0.2) is 73.1 Å². The second kappa shape index (κ2) is 14.7. The zero-order valence-corrected chi connectivity index (χ0v) is 24.4. The highest BCUT2D eigenvalue weighted by Crippen LogP contribution is 2.26. The lowest BCUT2D eigenvalue weighted by molar-refractivity contribution is 0.413. The summed E-state index contributed by atoms with van der Waals surface area (Å²) in [6, 6.07) is 18.6. The number of nitrogens with two attached hydrogens (primary N) is 1. The zero-order valence-electron chi connectivity index (χ0n) is 23.6. The van der Waals surface area contributed by atoms with Crippen molar-refractivity contribution in [1.82, 2.24) is 19.9 Å². The number of rotatable bonds is 9. The van der Waals surface area contributed by atoms with Gasteiger partial charge in [-0.25, -0.2) is 13.4 Å². The monoisotopic (exact) mass is 575 g/mol. The molecule has 0 aromatic carbocycles. The maximum Gasteiger partial charge on any atom is 0.153 e. The molecule has 2 N–H and O–H groups in total. The Kier molecular flexibility index (Phi) is 10.8. The number of nitrogens with zero attached hydrogens (tertiary/aromatic N) is 4. The first-order valence-electron chi connectivity index (χ1n) is 13.8. The lowest BCUT2D eigenvalue weighted by Crippen LogP contribution is -2.27. The topological polar surface area (TPSA) is 130 Å². The van der Waals surface area contributed by atoms with Crippen molar-refractivity contribution in [2.45, 2.75) is 50.3 Å². The van der Waals surface area contributed by atoms with Gasteiger partial charge >= 0.3 is 0 Å². The first-order valence-corrected chi connectivity index (χ1v) is 15.5. The summed E-state index contributed by atoms with van der Waals surface area (Å²) >= 11 is 0. The molecular weight excluding hydrogens is 538 g/mol. The van der Waals surface area contributed by atoms with E-state index in [4.69, 9.17) is 15.2 Å². The molecule has 1 aliphatic carbocycles. The number of ether oxygens (including phenoxy) is 2. The fourth-order valence-corrected chi connectivity index (χ4v) is 6.60. The molecule has 0 aliphatic heterocycles. The maximum atomic E-state index is 12.6. The van der Waals surface area contributed by atoms with E-state index in [0.717, 1.165) is 66.3 Å². The smallest absolute Gasteiger partial charge is 0.153 e. The molecule has 0 radical (unpaired) electrons. The Hall–Kier alpha value is -3.89. The number of aromatic nitrogens is 4. The molecule has 4 aromatic heterocycles. The second-order valence-electron chi connectivity index (χ2n) is 9.78. The summed E-state index contributed by atoms with van der Waals surface area (Å²) in [7, 11) is 0.145. The highest BCUT2D eigenvalue weighted by atomic mass is 32.2. The predicted molar refractivity (Wildman–Crippen MR) is 160 cm³/mol. The number of sulfone groups is 1. The van der Waals surface area contributed by atoms with Crippen molar-refractivity contribution in [2.75, 3.05) is 20.0 Å². The molecule has 0 spiro atoms. The van der Waals surface area contributed by atoms with Crippen LogP contribution >= 0.6 is 0 Å². The van der Waals surface area contributed by atoms with Crippen molar-refractivity contribution in [3.05, 3.63) is 84.4 Å². The molecule has 9 nitrogen and oxygen atoms in total. The molecule has 0 saturated heterocycles. The van der Waals surface area contributed by atoms with E-state index in [0.29, 0.717) is 24.4 Å². The van der Waals surface area contributed by atoms with Crippen molar-refractivity contribution in [1.29, 1.82) is 0 Å². The lowest BCUT2D eigenvalue weighted by atomic mass is 10.0. The first kappa shape index (κ1) is 30.1. The van der Waals surface area contributed by atoms with Crippen molar-refractivity contribution < 1.29 is 17.9 Å². The third-order valence-electron chi connectivity index (χ3n) is 6.94. The summed E-state index contributed by atoms with van der Waals surface area (Å²) in [5.74, 6) is 1.55. The molecule has 41 heavy (non-hydrogen) atoms. The average molecular weight is 576 g/mol. The van der Waals surface area contributed by atoms with E-state index < -0.39 is 9.84 Å². The molecule has 4 heterocycles. The molecule has 1 fully saturated rings. The van der Waals surface area contributed by atoms with Crippen molar-refractivity contribution in [2.24, 2.45) is 5.73 Å². The summed E-state index contributed by atoms with van der Waals surface area (Å²) < 4.78 is 35.7. The standard InChI is InChI=1S/C19H24N2O3S.C12H13N3O/c1-24-16-13-15(21-19(14-16)18-9-5-6-11-20-18)10-12-25(22,23)17-7-3-2-4-8-17;1-16-10-6-9(8-13)15-12(7-10)11-4-2-3-5-14-11/h5-6,9,11,13-14,17H,2-4,7-8,10,12H2,1H3;2-7H,8,13H2,1H3. The van der Waals surface area contributed by atoms with Gasteiger partial charge in [0.1, 0.15) is 11.5 Å². The van der Waals surface area contributed by atoms with E-state index in [1.165, 1.54) is 0 Å². The summed E-state index contributed by atoms with van der Waals surface area (Å²) in [4.78, 5) is 17.5. The molecule has 5 rings (SSSR count). The van der Waals surface area contributed by atoms with Crippen LogP contribution in [0.1, 0.15) is 43.5 Å². The Morgan fingerprint density at radius 3 is 1.78 bits per heavy atom. The van der Waals surface area contributed by atoms with Crippen LogP contribution in [0.2, 0.25) is 0 Å². The quantitative estimate of drug-likeness (QED) is 0.291. The van der Waals surface area contributed by atoms with Gasteiger partial charge in [-0.3, -0.25) is 15.0 Å². The predicted octanol–water partition coefficient (Wildman–Crippen LogP) is 5.05. The minimum atomic E-state index is -3.08. The van der Waals surface area contributed by atoms with Crippen molar-refractivity contribution >= 4 is 9.84 Å². The van der Waals surface area contributed by atoms with E-state index >= 15 is 0 Å². The van der Waals surface area contributed by atoms with Gasteiger partial charge in [-0.1, -0.05) is 31.4 Å². The Morgan fingerprint density at radius 1 is 0.756 bits per heavy atom. The van der Waals surface area contributed by atoms with Crippen molar-refractivity contribution in [3.63, 3.8) is 0 Å². The van der Waals surface area contributed by atoms with Crippen LogP contribution in [-0.4, -0.2) is 53.6 Å². The van der Waals surface area contributed by atoms with Crippen LogP contribution in [0, 0.1) is 0 Å². The van der Waals surface area contributed by atoms with E-state index in [1.807, 2.05) is 60.7 Å². The Bertz CT molecular complexity index is 1470. The molecule has 0 amide bonds. The van der Waals surface area contributed by atoms with Gasteiger partial charge in [-0.2, -0.15) is 0 Å². The van der Waals surface area contributed by atoms with Gasteiger partial charge in [0.15, 0.2) is 9.84 Å². The van der Waals surface area contributed by atoms with Gasteiger partial charge in [0.25, 0.3) is 0 Å². The van der Waals surface area contributed by atoms with E-state index in [9.17, 15) is 8.42 Å². The van der Waals surface area contributed by atoms with Gasteiger partial charge < -0.3 is 15.2 Å². The minimum Gasteiger partial charge on any atom is -0.497 e. The number of methoxy groups -OCH3 is 2. The maximum absolute atomic E-state index is 12.6. The van der Waals surface area contributed by atoms with Crippen LogP contribution in [0.4, 0.5) is 0 Å². The number of pyridine rings is 4. The third kappa shape index (κ3) is 8.55. The molecule has 1 saturated carbocycles. The Morgan fingerprint density at radius 2 is 1.29 bits per heavy atom. The highest BCUT2D eigenvalue weighted by molar-refractivity contribution is 7.92. The molecule has 1 aliphatic rings. The van der Waals surface area contributed by atoms with Crippen LogP contribution in [0.5, 0.6) is 11.5 Å². The molecule has 4 aromatic rings. The first-order chi connectivity index (χ1) is 19.9. The summed E-state index contributed by atoms with van der Waals surface area (Å²) in [5, 5.41) is -0.179. The molecule has 216 valence electrons. The fraction of sp³-hybridized carbons (Fsp3) is 0.355. The third-order valence-corrected chi connectivity index (χ3v) is 9.20. The van der Waals surface area contributed by atoms with Crippen LogP contribution in [0.3, 0.4) is 0 Å². The van der Waals surface area contributed by atoms with Gasteiger partial charge in [0.05, 0.1) is 53.7 Å². The van der Waals surface area contributed by atoms with Gasteiger partial charge in [0, 0.05) is 55.3 Å². The van der Waals surface area contributed by atoms with Crippen LogP contribution < -0.4 is 15.2 Å². The van der Waals surface area contributed by atoms with Gasteiger partial charge in [-0.15, -0.1) is 0 Å². The summed E-state index contributed by atoms with van der Waals surface area (Å²) in [6.07, 6.45) is 8.63. The molecule has 0 atom stereocenters. The van der Waals surface area contributed by atoms with Gasteiger partial charge in [0.2, 0.25) is 0 Å². The van der Waals surface area contributed by atoms with E-state index in [2.05, 4.69) is 19.9 Å². The Labute approximate surface area is 242 Å². The minimum absolute atomic E-state index is 0.138. The fourth-order valence-electron chi connectivity index (χ4n) is 4.72. The molecule has 0 unspecified atom stereocenters. The molecule has 0 bridgehead atoms. The summed E-state index contributed by atoms with van der Waals surface area (Å²) in [5.41, 5.74) is 10.1. The van der Waals surface area contributed by atoms with E-state index in [1.54, 1.807) is 26.6 Å². The zero-order chi connectivity index (χ0) is 29.1. The SMILES string of the molecule is COc1cc(CCS(=O)(=O)C2CCCCC2)nc(-c2ccccn2)c1.COc1cc(CN)nc(-c2ccccn2)c1. The number of hydrogen-bond acceptors (Lipinski definition) is 9. The molecular formula is C31H37N5O4S. The number of aryl methyl sites for hydroxylation is 1. The average Bonchev–Trinajstić information content (AvgIpc) is 3.05. The largest absolute Gasteiger partial charge is 0.497 e. The number of hydrogen-bond donors (Lipinski definition) is 1. The lowest BCUT2D eigenvalue weighted by Gasteiger charge is -2.21. The van der Waals surface area contributed by atoms with Crippen molar-refractivity contribution in [3.8, 4) is 34.3 Å². The van der Waals surface area contributed by atoms with Crippen LogP contribution in [-0.2, 0) is 22.8 Å². The second-order valence-corrected chi connectivity index (χ2v) is 12.2. The normalized spacial score (nSPS) is 13.6. The van der Waals surface area contributed by atoms with Crippen LogP contribution in [0.25, 0.3) is 22.8 Å². The Balaban J connectivity index is 0.000000208.